The molecule has 0 spiro atoms. The Bertz CT molecular complexity index is 942. The average molecular weight is 422 g/mol. The molecule has 8 heteroatoms. The van der Waals surface area contributed by atoms with E-state index in [1.807, 2.05) is 6.07 Å². The molecule has 0 N–H and O–H groups in total. The molecule has 150 valence electrons. The lowest BCUT2D eigenvalue weighted by molar-refractivity contribution is 0.0643. The van der Waals surface area contributed by atoms with Crippen molar-refractivity contribution < 1.29 is 13.2 Å². The van der Waals surface area contributed by atoms with Crippen molar-refractivity contribution in [3.8, 4) is 0 Å². The summed E-state index contributed by atoms with van der Waals surface area (Å²) in [5.41, 5.74) is 0.848. The molecular weight excluding hydrogens is 398 g/mol. The maximum atomic E-state index is 13.1. The number of para-hydroxylation sites is 1. The van der Waals surface area contributed by atoms with Crippen molar-refractivity contribution in [3.05, 3.63) is 59.1 Å². The minimum Gasteiger partial charge on any atom is -0.336 e. The van der Waals surface area contributed by atoms with Gasteiger partial charge in [-0.25, -0.2) is 8.42 Å². The number of halogens is 1. The van der Waals surface area contributed by atoms with E-state index in [-0.39, 0.29) is 15.8 Å². The van der Waals surface area contributed by atoms with Gasteiger partial charge in [0.1, 0.15) is 4.90 Å². The SMILES string of the molecule is CCN1CCN(C(=O)c2ccc(Cl)c(S(=O)(=O)N(C)c3ccccc3)c2)CC1. The van der Waals surface area contributed by atoms with Crippen molar-refractivity contribution in [3.63, 3.8) is 0 Å². The first-order valence-corrected chi connectivity index (χ1v) is 11.0. The number of carbonyl (C=O) groups is 1. The molecule has 1 amide bonds. The standard InChI is InChI=1S/C20H24ClN3O3S/c1-3-23-11-13-24(14-12-23)20(25)16-9-10-18(21)19(15-16)28(26,27)22(2)17-7-5-4-6-8-17/h4-10,15H,3,11-14H2,1-2H3. The van der Waals surface area contributed by atoms with Gasteiger partial charge in [-0.05, 0) is 36.9 Å². The van der Waals surface area contributed by atoms with Gasteiger partial charge in [0, 0.05) is 38.8 Å². The highest BCUT2D eigenvalue weighted by atomic mass is 35.5. The Balaban J connectivity index is 1.88. The van der Waals surface area contributed by atoms with Crippen molar-refractivity contribution in [2.24, 2.45) is 0 Å². The van der Waals surface area contributed by atoms with Crippen LogP contribution in [0, 0.1) is 0 Å². The van der Waals surface area contributed by atoms with Crippen LogP contribution in [0.5, 0.6) is 0 Å². The fraction of sp³-hybridized carbons (Fsp3) is 0.350. The van der Waals surface area contributed by atoms with E-state index in [1.165, 1.54) is 23.5 Å². The molecule has 0 aromatic heterocycles. The first kappa shape index (κ1) is 20.6. The van der Waals surface area contributed by atoms with Crippen molar-refractivity contribution in [2.45, 2.75) is 11.8 Å². The summed E-state index contributed by atoms with van der Waals surface area (Å²) in [7, 11) is -2.43. The van der Waals surface area contributed by atoms with Gasteiger partial charge < -0.3 is 9.80 Å². The Morgan fingerprint density at radius 2 is 1.71 bits per heavy atom. The fourth-order valence-electron chi connectivity index (χ4n) is 3.21. The number of amides is 1. The number of anilines is 1. The molecule has 1 heterocycles. The Morgan fingerprint density at radius 1 is 1.07 bits per heavy atom. The van der Waals surface area contributed by atoms with E-state index >= 15 is 0 Å². The summed E-state index contributed by atoms with van der Waals surface area (Å²) < 4.78 is 27.4. The van der Waals surface area contributed by atoms with Gasteiger partial charge in [0.25, 0.3) is 15.9 Å². The number of nitrogens with zero attached hydrogens (tertiary/aromatic N) is 3. The third-order valence-corrected chi connectivity index (χ3v) is 7.31. The third-order valence-electron chi connectivity index (χ3n) is 5.04. The van der Waals surface area contributed by atoms with E-state index in [9.17, 15) is 13.2 Å². The highest BCUT2D eigenvalue weighted by molar-refractivity contribution is 7.93. The highest BCUT2D eigenvalue weighted by Gasteiger charge is 2.27. The first-order chi connectivity index (χ1) is 13.3. The zero-order valence-electron chi connectivity index (χ0n) is 16.0. The van der Waals surface area contributed by atoms with Gasteiger partial charge in [0.2, 0.25) is 0 Å². The van der Waals surface area contributed by atoms with Crippen LogP contribution in [0.2, 0.25) is 5.02 Å². The van der Waals surface area contributed by atoms with Crippen LogP contribution < -0.4 is 4.31 Å². The molecule has 1 aliphatic heterocycles. The number of piperazine rings is 1. The summed E-state index contributed by atoms with van der Waals surface area (Å²) in [6.07, 6.45) is 0. The van der Waals surface area contributed by atoms with Gasteiger partial charge in [-0.1, -0.05) is 36.7 Å². The minimum atomic E-state index is -3.90. The monoisotopic (exact) mass is 421 g/mol. The molecule has 3 rings (SSSR count). The second kappa shape index (κ2) is 8.51. The normalized spacial score (nSPS) is 15.5. The second-order valence-electron chi connectivity index (χ2n) is 6.68. The van der Waals surface area contributed by atoms with Crippen molar-refractivity contribution >= 4 is 33.2 Å². The molecule has 6 nitrogen and oxygen atoms in total. The predicted molar refractivity (Wildman–Crippen MR) is 112 cm³/mol. The van der Waals surface area contributed by atoms with Crippen molar-refractivity contribution in [1.29, 1.82) is 0 Å². The van der Waals surface area contributed by atoms with Crippen LogP contribution in [-0.2, 0) is 10.0 Å². The Labute approximate surface area is 171 Å². The Kier molecular flexibility index (Phi) is 6.27. The predicted octanol–water partition coefficient (Wildman–Crippen LogP) is 2.94. The number of sulfonamides is 1. The summed E-state index contributed by atoms with van der Waals surface area (Å²) in [6, 6.07) is 13.2. The van der Waals surface area contributed by atoms with E-state index in [4.69, 9.17) is 11.6 Å². The quantitative estimate of drug-likeness (QED) is 0.744. The number of hydrogen-bond acceptors (Lipinski definition) is 4. The smallest absolute Gasteiger partial charge is 0.265 e. The lowest BCUT2D eigenvalue weighted by Gasteiger charge is -2.34. The van der Waals surface area contributed by atoms with E-state index in [2.05, 4.69) is 11.8 Å². The zero-order valence-corrected chi connectivity index (χ0v) is 17.6. The van der Waals surface area contributed by atoms with Crippen LogP contribution in [0.4, 0.5) is 5.69 Å². The Morgan fingerprint density at radius 3 is 2.32 bits per heavy atom. The number of likely N-dealkylation sites (N-methyl/N-ethyl adjacent to an activating group) is 1. The molecule has 1 fully saturated rings. The van der Waals surface area contributed by atoms with Crippen LogP contribution >= 0.6 is 11.6 Å². The molecule has 0 saturated carbocycles. The maximum absolute atomic E-state index is 13.1. The number of rotatable bonds is 5. The summed E-state index contributed by atoms with van der Waals surface area (Å²) in [6.45, 7) is 5.94. The van der Waals surface area contributed by atoms with E-state index < -0.39 is 10.0 Å². The molecule has 0 unspecified atom stereocenters. The first-order valence-electron chi connectivity index (χ1n) is 9.19. The van der Waals surface area contributed by atoms with Gasteiger partial charge in [0.15, 0.2) is 0 Å². The van der Waals surface area contributed by atoms with Crippen LogP contribution in [0.25, 0.3) is 0 Å². The van der Waals surface area contributed by atoms with Crippen molar-refractivity contribution in [1.82, 2.24) is 9.80 Å². The van der Waals surface area contributed by atoms with Crippen molar-refractivity contribution in [2.75, 3.05) is 44.1 Å². The zero-order chi connectivity index (χ0) is 20.3. The Hall–Kier alpha value is -2.09. The third kappa shape index (κ3) is 4.16. The molecule has 1 saturated heterocycles. The molecule has 0 radical (unpaired) electrons. The van der Waals surface area contributed by atoms with Crippen LogP contribution in [0.15, 0.2) is 53.4 Å². The van der Waals surface area contributed by atoms with E-state index in [0.29, 0.717) is 24.3 Å². The molecular formula is C20H24ClN3O3S. The van der Waals surface area contributed by atoms with Gasteiger partial charge in [0.05, 0.1) is 10.7 Å². The lowest BCUT2D eigenvalue weighted by atomic mass is 10.2. The second-order valence-corrected chi connectivity index (χ2v) is 9.02. The summed E-state index contributed by atoms with van der Waals surface area (Å²) in [5.74, 6) is -0.175. The number of carbonyl (C=O) groups excluding carboxylic acids is 1. The molecule has 0 atom stereocenters. The van der Waals surface area contributed by atoms with E-state index in [1.54, 1.807) is 35.2 Å². The summed E-state index contributed by atoms with van der Waals surface area (Å²) >= 11 is 6.20. The van der Waals surface area contributed by atoms with Gasteiger partial charge in [-0.3, -0.25) is 9.10 Å². The van der Waals surface area contributed by atoms with Crippen LogP contribution in [-0.4, -0.2) is 63.9 Å². The van der Waals surface area contributed by atoms with Crippen LogP contribution in [0.3, 0.4) is 0 Å². The highest BCUT2D eigenvalue weighted by Crippen LogP contribution is 2.28. The number of benzene rings is 2. The van der Waals surface area contributed by atoms with Crippen LogP contribution in [0.1, 0.15) is 17.3 Å². The van der Waals surface area contributed by atoms with E-state index in [0.717, 1.165) is 19.6 Å². The molecule has 0 bridgehead atoms. The molecule has 1 aliphatic rings. The van der Waals surface area contributed by atoms with Gasteiger partial charge in [-0.2, -0.15) is 0 Å². The average Bonchev–Trinajstić information content (AvgIpc) is 2.73. The topological polar surface area (TPSA) is 60.9 Å². The number of hydrogen-bond donors (Lipinski definition) is 0. The molecule has 2 aromatic rings. The van der Waals surface area contributed by atoms with Gasteiger partial charge >= 0.3 is 0 Å². The molecule has 2 aromatic carbocycles. The maximum Gasteiger partial charge on any atom is 0.265 e. The molecule has 28 heavy (non-hydrogen) atoms. The largest absolute Gasteiger partial charge is 0.336 e. The summed E-state index contributed by atoms with van der Waals surface area (Å²) in [5, 5.41) is 0.0927. The minimum absolute atomic E-state index is 0.0708. The summed E-state index contributed by atoms with van der Waals surface area (Å²) in [4.78, 5) is 16.8. The fourth-order valence-corrected chi connectivity index (χ4v) is 4.90. The van der Waals surface area contributed by atoms with Gasteiger partial charge in [-0.15, -0.1) is 0 Å². The lowest BCUT2D eigenvalue weighted by Crippen LogP contribution is -2.48. The molecule has 0 aliphatic carbocycles.